The van der Waals surface area contributed by atoms with Crippen LogP contribution in [0.5, 0.6) is 5.88 Å². The van der Waals surface area contributed by atoms with Crippen LogP contribution in [0.1, 0.15) is 44.1 Å². The fourth-order valence-electron chi connectivity index (χ4n) is 3.79. The molecule has 166 valence electrons. The first kappa shape index (κ1) is 22.8. The molecule has 1 fully saturated rings. The minimum atomic E-state index is 0.0731. The first-order valence-corrected chi connectivity index (χ1v) is 11.1. The highest BCUT2D eigenvalue weighted by Crippen LogP contribution is 2.18. The van der Waals surface area contributed by atoms with Gasteiger partial charge >= 0.3 is 0 Å². The van der Waals surface area contributed by atoms with Crippen molar-refractivity contribution in [3.63, 3.8) is 0 Å². The van der Waals surface area contributed by atoms with Crippen LogP contribution in [0.3, 0.4) is 0 Å². The van der Waals surface area contributed by atoms with Crippen LogP contribution in [0.15, 0.2) is 48.7 Å². The summed E-state index contributed by atoms with van der Waals surface area (Å²) in [5.74, 6) is 0.877. The molecule has 3 rings (SSSR count). The number of amides is 1. The van der Waals surface area contributed by atoms with E-state index in [1.807, 2.05) is 37.2 Å². The summed E-state index contributed by atoms with van der Waals surface area (Å²) in [6.45, 7) is 1.35. The molecule has 1 aliphatic rings. The zero-order valence-corrected chi connectivity index (χ0v) is 18.6. The van der Waals surface area contributed by atoms with E-state index in [0.29, 0.717) is 38.2 Å². The van der Waals surface area contributed by atoms with Gasteiger partial charge in [-0.05, 0) is 36.6 Å². The van der Waals surface area contributed by atoms with Gasteiger partial charge in [-0.2, -0.15) is 0 Å². The second-order valence-corrected chi connectivity index (χ2v) is 8.32. The zero-order valence-electron chi connectivity index (χ0n) is 18.6. The van der Waals surface area contributed by atoms with Crippen LogP contribution in [0, 0.1) is 0 Å². The quantitative estimate of drug-likeness (QED) is 0.580. The summed E-state index contributed by atoms with van der Waals surface area (Å²) in [5.41, 5.74) is 2.41. The zero-order chi connectivity index (χ0) is 22.1. The van der Waals surface area contributed by atoms with E-state index < -0.39 is 0 Å². The number of rotatable bonds is 10. The molecular formula is C25H33N3O3. The second kappa shape index (κ2) is 11.5. The average Bonchev–Trinajstić information content (AvgIpc) is 2.79. The molecule has 1 saturated heterocycles. The van der Waals surface area contributed by atoms with Crippen molar-refractivity contribution in [3.8, 4) is 5.88 Å². The maximum absolute atomic E-state index is 12.5. The number of hydrogen-bond donors (Lipinski definition) is 0. The van der Waals surface area contributed by atoms with Gasteiger partial charge in [0.15, 0.2) is 0 Å². The van der Waals surface area contributed by atoms with Crippen molar-refractivity contribution in [3.05, 3.63) is 54.2 Å². The Kier molecular flexibility index (Phi) is 8.44. The fourth-order valence-corrected chi connectivity index (χ4v) is 3.79. The molecule has 0 saturated carbocycles. The average molecular weight is 424 g/mol. The van der Waals surface area contributed by atoms with Gasteiger partial charge in [0.25, 0.3) is 0 Å². The normalized spacial score (nSPS) is 14.3. The first-order valence-electron chi connectivity index (χ1n) is 11.1. The van der Waals surface area contributed by atoms with Crippen molar-refractivity contribution < 1.29 is 14.3 Å². The molecule has 0 radical (unpaired) electrons. The van der Waals surface area contributed by atoms with Gasteiger partial charge in [-0.3, -0.25) is 9.59 Å². The number of ketones is 1. The minimum Gasteiger partial charge on any atom is -0.474 e. The minimum absolute atomic E-state index is 0.0731. The van der Waals surface area contributed by atoms with Crippen LogP contribution in [-0.2, 0) is 16.0 Å². The molecule has 6 heteroatoms. The molecule has 0 spiro atoms. The molecule has 0 bridgehead atoms. The van der Waals surface area contributed by atoms with Gasteiger partial charge in [-0.1, -0.05) is 18.2 Å². The number of aromatic nitrogens is 1. The molecule has 1 amide bonds. The highest BCUT2D eigenvalue weighted by Gasteiger charge is 2.24. The van der Waals surface area contributed by atoms with Crippen molar-refractivity contribution in [2.75, 3.05) is 32.1 Å². The Hall–Kier alpha value is -2.89. The first-order chi connectivity index (χ1) is 15.0. The number of benzene rings is 1. The summed E-state index contributed by atoms with van der Waals surface area (Å²) in [6.07, 6.45) is 6.28. The van der Waals surface area contributed by atoms with Gasteiger partial charge in [0.05, 0.1) is 0 Å². The summed E-state index contributed by atoms with van der Waals surface area (Å²) in [6, 6.07) is 14.0. The van der Waals surface area contributed by atoms with E-state index in [2.05, 4.69) is 34.1 Å². The molecular weight excluding hydrogens is 390 g/mol. The van der Waals surface area contributed by atoms with E-state index in [1.165, 1.54) is 11.3 Å². The van der Waals surface area contributed by atoms with Crippen molar-refractivity contribution in [1.29, 1.82) is 0 Å². The van der Waals surface area contributed by atoms with E-state index in [1.54, 1.807) is 6.20 Å². The Morgan fingerprint density at radius 2 is 1.77 bits per heavy atom. The summed E-state index contributed by atoms with van der Waals surface area (Å²) >= 11 is 0. The van der Waals surface area contributed by atoms with Gasteiger partial charge in [0, 0.05) is 77.2 Å². The lowest BCUT2D eigenvalue weighted by atomic mass is 10.0. The summed E-state index contributed by atoms with van der Waals surface area (Å²) in [4.78, 5) is 32.8. The Morgan fingerprint density at radius 1 is 1.03 bits per heavy atom. The highest BCUT2D eigenvalue weighted by molar-refractivity contribution is 5.85. The number of nitrogens with zero attached hydrogens (tertiary/aromatic N) is 3. The third-order valence-electron chi connectivity index (χ3n) is 5.71. The second-order valence-electron chi connectivity index (χ2n) is 8.32. The van der Waals surface area contributed by atoms with Gasteiger partial charge in [0.1, 0.15) is 11.9 Å². The van der Waals surface area contributed by atoms with Crippen LogP contribution in [0.25, 0.3) is 0 Å². The molecule has 0 N–H and O–H groups in total. The molecule has 0 aliphatic carbocycles. The molecule has 31 heavy (non-hydrogen) atoms. The number of hydrogen-bond acceptors (Lipinski definition) is 5. The van der Waals surface area contributed by atoms with E-state index in [9.17, 15) is 9.59 Å². The van der Waals surface area contributed by atoms with E-state index in [4.69, 9.17) is 4.74 Å². The number of Topliss-reactive ketones (excluding diaryl/α,β-unsaturated/α-hetero) is 1. The van der Waals surface area contributed by atoms with E-state index in [0.717, 1.165) is 25.7 Å². The molecule has 2 heterocycles. The number of aryl methyl sites for hydroxylation is 1. The number of likely N-dealkylation sites (tertiary alicyclic amines) is 1. The van der Waals surface area contributed by atoms with Gasteiger partial charge in [-0.15, -0.1) is 0 Å². The summed E-state index contributed by atoms with van der Waals surface area (Å²) in [7, 11) is 4.04. The molecule has 2 aromatic rings. The maximum Gasteiger partial charge on any atom is 0.223 e. The number of pyridine rings is 1. The molecule has 1 aromatic heterocycles. The summed E-state index contributed by atoms with van der Waals surface area (Å²) < 4.78 is 5.87. The maximum atomic E-state index is 12.5. The number of carbonyl (C=O) groups excluding carboxylic acids is 2. The lowest BCUT2D eigenvalue weighted by molar-refractivity contribution is -0.134. The Balaban J connectivity index is 1.30. The van der Waals surface area contributed by atoms with Crippen LogP contribution >= 0.6 is 0 Å². The SMILES string of the molecule is CN(C)c1ccc(CCCC(=O)CCC(=O)N2CCC(Oc3ccccn3)CC2)cc1. The van der Waals surface area contributed by atoms with E-state index >= 15 is 0 Å². The van der Waals surface area contributed by atoms with Crippen LogP contribution < -0.4 is 9.64 Å². The van der Waals surface area contributed by atoms with E-state index in [-0.39, 0.29) is 17.8 Å². The predicted octanol–water partition coefficient (Wildman–Crippen LogP) is 3.89. The van der Waals surface area contributed by atoms with Crippen LogP contribution in [0.4, 0.5) is 5.69 Å². The Labute approximate surface area is 185 Å². The monoisotopic (exact) mass is 423 g/mol. The lowest BCUT2D eigenvalue weighted by Gasteiger charge is -2.32. The number of anilines is 1. The number of carbonyl (C=O) groups is 2. The number of ether oxygens (including phenoxy) is 1. The van der Waals surface area contributed by atoms with Crippen molar-refractivity contribution in [2.45, 2.75) is 51.0 Å². The van der Waals surface area contributed by atoms with Gasteiger partial charge < -0.3 is 14.5 Å². The van der Waals surface area contributed by atoms with Crippen LogP contribution in [-0.4, -0.2) is 54.9 Å². The fraction of sp³-hybridized carbons (Fsp3) is 0.480. The standard InChI is InChI=1S/C25H33N3O3/c1-27(2)21-11-9-20(10-12-21)6-5-7-22(29)13-14-25(30)28-18-15-23(16-19-28)31-24-8-3-4-17-26-24/h3-4,8-12,17,23H,5-7,13-16,18-19H2,1-2H3. The molecule has 1 aromatic carbocycles. The van der Waals surface area contributed by atoms with Gasteiger partial charge in [0.2, 0.25) is 11.8 Å². The lowest BCUT2D eigenvalue weighted by Crippen LogP contribution is -2.41. The smallest absolute Gasteiger partial charge is 0.223 e. The number of piperidine rings is 1. The van der Waals surface area contributed by atoms with Crippen molar-refractivity contribution >= 4 is 17.4 Å². The summed E-state index contributed by atoms with van der Waals surface area (Å²) in [5, 5.41) is 0. The topological polar surface area (TPSA) is 62.7 Å². The van der Waals surface area contributed by atoms with Crippen molar-refractivity contribution in [2.24, 2.45) is 0 Å². The van der Waals surface area contributed by atoms with Crippen molar-refractivity contribution in [1.82, 2.24) is 9.88 Å². The van der Waals surface area contributed by atoms with Gasteiger partial charge in [-0.25, -0.2) is 4.98 Å². The largest absolute Gasteiger partial charge is 0.474 e. The highest BCUT2D eigenvalue weighted by atomic mass is 16.5. The molecule has 6 nitrogen and oxygen atoms in total. The molecule has 0 unspecified atom stereocenters. The third-order valence-corrected chi connectivity index (χ3v) is 5.71. The molecule has 1 aliphatic heterocycles. The third kappa shape index (κ3) is 7.39. The predicted molar refractivity (Wildman–Crippen MR) is 122 cm³/mol. The Morgan fingerprint density at radius 3 is 2.42 bits per heavy atom. The van der Waals surface area contributed by atoms with Crippen LogP contribution in [0.2, 0.25) is 0 Å². The molecule has 0 atom stereocenters. The Bertz CT molecular complexity index is 829.